The van der Waals surface area contributed by atoms with Crippen molar-refractivity contribution in [2.75, 3.05) is 13.1 Å². The number of ketones is 1. The number of Topliss-reactive ketones (excluding diaryl/α,β-unsaturated/α-hetero) is 1. The lowest BCUT2D eigenvalue weighted by molar-refractivity contribution is -0.137. The molecular weight excluding hydrogens is 436 g/mol. The van der Waals surface area contributed by atoms with E-state index in [1.54, 1.807) is 24.3 Å². The Morgan fingerprint density at radius 2 is 1.59 bits per heavy atom. The zero-order chi connectivity index (χ0) is 24.9. The third-order valence-electron chi connectivity index (χ3n) is 6.17. The molecule has 34 heavy (non-hydrogen) atoms. The first-order valence-electron chi connectivity index (χ1n) is 11.8. The van der Waals surface area contributed by atoms with Gasteiger partial charge in [-0.25, -0.2) is 0 Å². The summed E-state index contributed by atoms with van der Waals surface area (Å²) in [5.41, 5.74) is 1.35. The van der Waals surface area contributed by atoms with Crippen LogP contribution in [0.4, 0.5) is 0 Å². The lowest BCUT2D eigenvalue weighted by atomic mass is 9.73. The topological polar surface area (TPSA) is 124 Å². The number of benzene rings is 1. The van der Waals surface area contributed by atoms with Crippen LogP contribution in [0, 0.1) is 5.41 Å². The molecule has 1 fully saturated rings. The maximum Gasteiger partial charge on any atom is 0.303 e. The number of fused-ring (bicyclic) bond motifs is 1. The van der Waals surface area contributed by atoms with Crippen LogP contribution in [0.1, 0.15) is 85.9 Å². The average Bonchev–Trinajstić information content (AvgIpc) is 3.00. The number of carbonyl (C=O) groups excluding carboxylic acids is 3. The first-order valence-corrected chi connectivity index (χ1v) is 11.8. The van der Waals surface area contributed by atoms with Crippen LogP contribution in [-0.4, -0.2) is 57.5 Å². The minimum absolute atomic E-state index is 0.0539. The van der Waals surface area contributed by atoms with E-state index in [9.17, 15) is 24.3 Å². The van der Waals surface area contributed by atoms with Crippen molar-refractivity contribution < 1.29 is 29.4 Å². The summed E-state index contributed by atoms with van der Waals surface area (Å²) >= 11 is 0. The van der Waals surface area contributed by atoms with Crippen LogP contribution in [0.25, 0.3) is 0 Å². The third-order valence-corrected chi connectivity index (χ3v) is 6.17. The van der Waals surface area contributed by atoms with E-state index in [0.29, 0.717) is 55.5 Å². The Balaban J connectivity index is 1.64. The normalized spacial score (nSPS) is 20.1. The lowest BCUT2D eigenvalue weighted by Crippen LogP contribution is -2.33. The van der Waals surface area contributed by atoms with Gasteiger partial charge in [-0.2, -0.15) is 0 Å². The first kappa shape index (κ1) is 25.3. The number of rotatable bonds is 10. The molecule has 0 aromatic heterocycles. The Morgan fingerprint density at radius 1 is 0.941 bits per heavy atom. The third kappa shape index (κ3) is 5.98. The largest absolute Gasteiger partial charge is 0.511 e. The number of aliphatic imine (C=N–C) groups is 1. The highest BCUT2D eigenvalue weighted by atomic mass is 16.4. The van der Waals surface area contributed by atoms with E-state index >= 15 is 0 Å². The van der Waals surface area contributed by atoms with Crippen molar-refractivity contribution in [1.82, 2.24) is 4.90 Å². The number of hydrogen-bond donors (Lipinski definition) is 2. The monoisotopic (exact) mass is 468 g/mol. The zero-order valence-corrected chi connectivity index (χ0v) is 19.8. The summed E-state index contributed by atoms with van der Waals surface area (Å²) in [7, 11) is 0. The highest BCUT2D eigenvalue weighted by Gasteiger charge is 2.37. The molecule has 2 aliphatic rings. The Hall–Kier alpha value is -3.29. The van der Waals surface area contributed by atoms with Crippen LogP contribution in [0.2, 0.25) is 0 Å². The number of allylic oxidation sites excluding steroid dienone is 2. The van der Waals surface area contributed by atoms with Gasteiger partial charge in [0.05, 0.1) is 16.7 Å². The van der Waals surface area contributed by atoms with Gasteiger partial charge in [0.2, 0.25) is 0 Å². The second kappa shape index (κ2) is 10.8. The number of carboxylic acids is 1. The van der Waals surface area contributed by atoms with Gasteiger partial charge in [0.15, 0.2) is 5.78 Å². The molecule has 0 radical (unpaired) electrons. The van der Waals surface area contributed by atoms with Crippen LogP contribution in [0.15, 0.2) is 40.6 Å². The predicted octanol–water partition coefficient (Wildman–Crippen LogP) is 4.35. The molecule has 0 spiro atoms. The number of carbonyl (C=O) groups is 4. The molecule has 2 amide bonds. The smallest absolute Gasteiger partial charge is 0.303 e. The fourth-order valence-corrected chi connectivity index (χ4v) is 4.50. The number of aliphatic carboxylic acids is 1. The van der Waals surface area contributed by atoms with E-state index in [1.807, 2.05) is 13.8 Å². The summed E-state index contributed by atoms with van der Waals surface area (Å²) in [4.78, 5) is 54.3. The molecule has 2 N–H and O–H groups in total. The standard InChI is InChI=1S/C26H32N2O6/c1-26(2)15-19(27-13-7-3-4-12-22(31)32)23(21(30)16-26)20(29)11-8-14-28-24(33)17-9-5-6-10-18(17)25(28)34/h5-6,9-10,29H,3-4,7-8,11-16H2,1-2H3,(H,31,32)/b23-20-,27-19?. The molecule has 1 aromatic carbocycles. The van der Waals surface area contributed by atoms with Crippen molar-refractivity contribution in [3.63, 3.8) is 0 Å². The van der Waals surface area contributed by atoms with E-state index in [2.05, 4.69) is 4.99 Å². The number of nitrogens with zero attached hydrogens (tertiary/aromatic N) is 2. The van der Waals surface area contributed by atoms with E-state index in [4.69, 9.17) is 5.11 Å². The Kier molecular flexibility index (Phi) is 8.02. The molecule has 1 saturated carbocycles. The van der Waals surface area contributed by atoms with Crippen molar-refractivity contribution in [2.24, 2.45) is 10.4 Å². The second-order valence-corrected chi connectivity index (χ2v) is 9.71. The van der Waals surface area contributed by atoms with Crippen LogP contribution in [0.5, 0.6) is 0 Å². The van der Waals surface area contributed by atoms with E-state index < -0.39 is 5.97 Å². The Bertz CT molecular complexity index is 1020. The Labute approximate surface area is 199 Å². The van der Waals surface area contributed by atoms with Crippen molar-refractivity contribution in [1.29, 1.82) is 0 Å². The Morgan fingerprint density at radius 3 is 2.21 bits per heavy atom. The molecule has 0 bridgehead atoms. The molecule has 182 valence electrons. The number of aliphatic hydroxyl groups excluding tert-OH is 1. The second-order valence-electron chi connectivity index (χ2n) is 9.71. The van der Waals surface area contributed by atoms with Crippen molar-refractivity contribution >= 4 is 29.3 Å². The van der Waals surface area contributed by atoms with E-state index in [0.717, 1.165) is 6.42 Å². The highest BCUT2D eigenvalue weighted by molar-refractivity contribution is 6.24. The number of carboxylic acid groups (broad SMARTS) is 1. The quantitative estimate of drug-likeness (QED) is 0.228. The van der Waals surface area contributed by atoms with Gasteiger partial charge in [-0.3, -0.25) is 29.1 Å². The summed E-state index contributed by atoms with van der Waals surface area (Å²) < 4.78 is 0. The number of imide groups is 1. The molecule has 8 heteroatoms. The lowest BCUT2D eigenvalue weighted by Gasteiger charge is -2.31. The number of unbranched alkanes of at least 4 members (excludes halogenated alkanes) is 2. The van der Waals surface area contributed by atoms with Gasteiger partial charge >= 0.3 is 5.97 Å². The van der Waals surface area contributed by atoms with Crippen LogP contribution in [0.3, 0.4) is 0 Å². The number of aliphatic hydroxyl groups is 1. The first-order chi connectivity index (χ1) is 16.1. The summed E-state index contributed by atoms with van der Waals surface area (Å²) in [5.74, 6) is -1.70. The highest BCUT2D eigenvalue weighted by Crippen LogP contribution is 2.36. The molecule has 0 saturated heterocycles. The maximum atomic E-state index is 12.9. The predicted molar refractivity (Wildman–Crippen MR) is 127 cm³/mol. The average molecular weight is 469 g/mol. The fraction of sp³-hybridized carbons (Fsp3) is 0.500. The van der Waals surface area contributed by atoms with Crippen molar-refractivity contribution in [2.45, 2.75) is 65.2 Å². The van der Waals surface area contributed by atoms with Gasteiger partial charge in [0.25, 0.3) is 11.8 Å². The minimum atomic E-state index is -0.817. The van der Waals surface area contributed by atoms with Gasteiger partial charge in [0, 0.05) is 38.1 Å². The van der Waals surface area contributed by atoms with Crippen LogP contribution < -0.4 is 0 Å². The molecule has 1 aliphatic carbocycles. The summed E-state index contributed by atoms with van der Waals surface area (Å²) in [5, 5.41) is 19.5. The molecule has 0 unspecified atom stereocenters. The van der Waals surface area contributed by atoms with Gasteiger partial charge in [-0.15, -0.1) is 0 Å². The molecule has 8 nitrogen and oxygen atoms in total. The van der Waals surface area contributed by atoms with E-state index in [1.165, 1.54) is 4.90 Å². The van der Waals surface area contributed by atoms with Gasteiger partial charge in [-0.1, -0.05) is 32.4 Å². The fourth-order valence-electron chi connectivity index (χ4n) is 4.50. The van der Waals surface area contributed by atoms with Crippen LogP contribution >= 0.6 is 0 Å². The molecular formula is C26H32N2O6. The maximum absolute atomic E-state index is 12.9. The minimum Gasteiger partial charge on any atom is -0.511 e. The van der Waals surface area contributed by atoms with Gasteiger partial charge in [-0.05, 0) is 43.2 Å². The van der Waals surface area contributed by atoms with Crippen molar-refractivity contribution in [3.05, 3.63) is 46.7 Å². The molecule has 1 aliphatic heterocycles. The summed E-state index contributed by atoms with van der Waals surface area (Å²) in [6.45, 7) is 4.59. The van der Waals surface area contributed by atoms with Gasteiger partial charge < -0.3 is 10.2 Å². The SMILES string of the molecule is CC1(C)CC(=O)/C(=C(\O)CCCN2C(=O)c3ccccc3C2=O)C(=NCCCCCC(=O)O)C1. The molecule has 3 rings (SSSR count). The van der Waals surface area contributed by atoms with Crippen molar-refractivity contribution in [3.8, 4) is 0 Å². The molecule has 0 atom stereocenters. The van der Waals surface area contributed by atoms with E-state index in [-0.39, 0.29) is 53.7 Å². The summed E-state index contributed by atoms with van der Waals surface area (Å²) in [6.07, 6.45) is 3.50. The molecule has 1 aromatic rings. The zero-order valence-electron chi connectivity index (χ0n) is 19.8. The van der Waals surface area contributed by atoms with Gasteiger partial charge in [0.1, 0.15) is 5.76 Å². The summed E-state index contributed by atoms with van der Waals surface area (Å²) in [6, 6.07) is 6.68. The van der Waals surface area contributed by atoms with Crippen LogP contribution in [-0.2, 0) is 9.59 Å². The number of hydrogen-bond acceptors (Lipinski definition) is 6. The molecule has 1 heterocycles. The number of amides is 2.